The molecular weight excluding hydrogens is 390 g/mol. The molecule has 4 rings (SSSR count). The number of rotatable bonds is 5. The molecule has 29 heavy (non-hydrogen) atoms. The Kier molecular flexibility index (Phi) is 4.71. The fourth-order valence-corrected chi connectivity index (χ4v) is 5.24. The minimum atomic E-state index is -4.03. The molecular formula is C21H21N3O4S. The molecule has 1 fully saturated rings. The number of benzene rings is 2. The monoisotopic (exact) mass is 411 g/mol. The minimum absolute atomic E-state index is 0.129. The van der Waals surface area contributed by atoms with Crippen molar-refractivity contribution in [2.45, 2.75) is 36.0 Å². The number of anilines is 1. The van der Waals surface area contributed by atoms with E-state index in [0.717, 1.165) is 18.7 Å². The van der Waals surface area contributed by atoms with Gasteiger partial charge in [0.1, 0.15) is 5.75 Å². The molecule has 2 aromatic carbocycles. The summed E-state index contributed by atoms with van der Waals surface area (Å²) in [6.45, 7) is 0.793. The predicted molar refractivity (Wildman–Crippen MR) is 107 cm³/mol. The van der Waals surface area contributed by atoms with E-state index >= 15 is 0 Å². The first kappa shape index (κ1) is 19.3. The Morgan fingerprint density at radius 2 is 2.07 bits per heavy atom. The number of sulfonamides is 1. The molecule has 0 aromatic heterocycles. The topological polar surface area (TPSA) is 108 Å². The highest BCUT2D eigenvalue weighted by atomic mass is 32.2. The number of ether oxygens (including phenoxy) is 1. The van der Waals surface area contributed by atoms with E-state index in [1.165, 1.54) is 13.2 Å². The van der Waals surface area contributed by atoms with Gasteiger partial charge < -0.3 is 10.1 Å². The van der Waals surface area contributed by atoms with E-state index in [-0.39, 0.29) is 4.90 Å². The van der Waals surface area contributed by atoms with Gasteiger partial charge in [-0.1, -0.05) is 6.07 Å². The van der Waals surface area contributed by atoms with Gasteiger partial charge in [-0.2, -0.15) is 5.26 Å². The Morgan fingerprint density at radius 1 is 1.28 bits per heavy atom. The van der Waals surface area contributed by atoms with E-state index < -0.39 is 21.3 Å². The van der Waals surface area contributed by atoms with E-state index in [0.29, 0.717) is 41.7 Å². The summed E-state index contributed by atoms with van der Waals surface area (Å²) in [7, 11) is -2.55. The Hall–Kier alpha value is -3.05. The van der Waals surface area contributed by atoms with Crippen LogP contribution in [0.3, 0.4) is 0 Å². The first-order valence-corrected chi connectivity index (χ1v) is 10.9. The number of fused-ring (bicyclic) bond motifs is 1. The Morgan fingerprint density at radius 3 is 2.76 bits per heavy atom. The van der Waals surface area contributed by atoms with Crippen LogP contribution in [0.25, 0.3) is 0 Å². The molecule has 2 aromatic rings. The second-order valence-corrected chi connectivity index (χ2v) is 9.01. The number of hydrogen-bond acceptors (Lipinski definition) is 6. The quantitative estimate of drug-likeness (QED) is 0.782. The van der Waals surface area contributed by atoms with Crippen LogP contribution in [0.1, 0.15) is 36.0 Å². The molecule has 2 aliphatic rings. The van der Waals surface area contributed by atoms with Crippen LogP contribution in [-0.4, -0.2) is 28.0 Å². The molecule has 0 saturated heterocycles. The van der Waals surface area contributed by atoms with Crippen LogP contribution < -0.4 is 14.8 Å². The lowest BCUT2D eigenvalue weighted by atomic mass is 9.93. The first-order chi connectivity index (χ1) is 13.9. The summed E-state index contributed by atoms with van der Waals surface area (Å²) >= 11 is 0. The summed E-state index contributed by atoms with van der Waals surface area (Å²) in [4.78, 5) is 13.2. The number of carbonyl (C=O) groups excluding carboxylic acids is 1. The normalized spacial score (nSPS) is 16.7. The van der Waals surface area contributed by atoms with Gasteiger partial charge >= 0.3 is 0 Å². The van der Waals surface area contributed by atoms with E-state index in [4.69, 9.17) is 4.74 Å². The molecule has 0 unspecified atom stereocenters. The summed E-state index contributed by atoms with van der Waals surface area (Å²) in [6.07, 6.45) is 2.45. The molecule has 150 valence electrons. The lowest BCUT2D eigenvalue weighted by molar-refractivity contribution is -0.121. The van der Waals surface area contributed by atoms with Crippen molar-refractivity contribution in [3.63, 3.8) is 0 Å². The highest BCUT2D eigenvalue weighted by Crippen LogP contribution is 2.52. The molecule has 0 atom stereocenters. The van der Waals surface area contributed by atoms with E-state index in [2.05, 4.69) is 16.1 Å². The van der Waals surface area contributed by atoms with Crippen LogP contribution in [0.5, 0.6) is 5.75 Å². The van der Waals surface area contributed by atoms with Gasteiger partial charge in [-0.15, -0.1) is 0 Å². The van der Waals surface area contributed by atoms with Crippen molar-refractivity contribution in [3.05, 3.63) is 53.1 Å². The second-order valence-electron chi connectivity index (χ2n) is 7.36. The molecule has 1 heterocycles. The molecule has 1 amide bonds. The number of nitriles is 1. The summed E-state index contributed by atoms with van der Waals surface area (Å²) in [5.74, 6) is -0.123. The van der Waals surface area contributed by atoms with Gasteiger partial charge in [0, 0.05) is 17.8 Å². The summed E-state index contributed by atoms with van der Waals surface area (Å²) in [5, 5.41) is 12.4. The van der Waals surface area contributed by atoms with Crippen molar-refractivity contribution >= 4 is 21.6 Å². The summed E-state index contributed by atoms with van der Waals surface area (Å²) in [5.41, 5.74) is 1.43. The second kappa shape index (κ2) is 7.08. The average molecular weight is 411 g/mol. The van der Waals surface area contributed by atoms with Crippen LogP contribution in [0.15, 0.2) is 41.3 Å². The molecule has 7 nitrogen and oxygen atoms in total. The van der Waals surface area contributed by atoms with Crippen LogP contribution in [0.2, 0.25) is 0 Å². The van der Waals surface area contributed by atoms with Gasteiger partial charge in [0.05, 0.1) is 29.1 Å². The highest BCUT2D eigenvalue weighted by Gasteiger charge is 2.54. The number of nitrogens with one attached hydrogen (secondary N) is 2. The van der Waals surface area contributed by atoms with E-state index in [1.54, 1.807) is 24.3 Å². The zero-order valence-electron chi connectivity index (χ0n) is 16.0. The standard InChI is InChI=1S/C21H21N3O4S/c1-28-18-8-7-14(13-22)12-16(18)21(9-10-21)20(25)24-29(26,27)19-6-2-5-17-15(19)4-3-11-23-17/h2,5-8,12,23H,3-4,9-11H2,1H3,(H,24,25). The Balaban J connectivity index is 1.68. The maximum absolute atomic E-state index is 13.1. The van der Waals surface area contributed by atoms with Crippen molar-refractivity contribution in [1.29, 1.82) is 5.26 Å². The van der Waals surface area contributed by atoms with Crippen LogP contribution in [0, 0.1) is 11.3 Å². The van der Waals surface area contributed by atoms with Gasteiger partial charge in [0.2, 0.25) is 5.91 Å². The number of nitrogens with zero attached hydrogens (tertiary/aromatic N) is 1. The lowest BCUT2D eigenvalue weighted by Gasteiger charge is -2.22. The number of amides is 1. The SMILES string of the molecule is COc1ccc(C#N)cc1C1(C(=O)NS(=O)(=O)c2cccc3c2CCCN3)CC1. The molecule has 1 aliphatic heterocycles. The van der Waals surface area contributed by atoms with Crippen LogP contribution >= 0.6 is 0 Å². The van der Waals surface area contributed by atoms with Crippen molar-refractivity contribution < 1.29 is 17.9 Å². The Labute approximate surface area is 169 Å². The van der Waals surface area contributed by atoms with Crippen molar-refractivity contribution in [3.8, 4) is 11.8 Å². The molecule has 0 radical (unpaired) electrons. The van der Waals surface area contributed by atoms with E-state index in [1.807, 2.05) is 6.07 Å². The maximum atomic E-state index is 13.1. The zero-order chi connectivity index (χ0) is 20.6. The summed E-state index contributed by atoms with van der Waals surface area (Å²) < 4.78 is 33.8. The molecule has 1 saturated carbocycles. The molecule has 0 spiro atoms. The van der Waals surface area contributed by atoms with Crippen LogP contribution in [0.4, 0.5) is 5.69 Å². The van der Waals surface area contributed by atoms with Gasteiger partial charge in [0.25, 0.3) is 10.0 Å². The average Bonchev–Trinajstić information content (AvgIpc) is 3.54. The highest BCUT2D eigenvalue weighted by molar-refractivity contribution is 7.90. The first-order valence-electron chi connectivity index (χ1n) is 9.43. The van der Waals surface area contributed by atoms with Crippen LogP contribution in [-0.2, 0) is 26.7 Å². The van der Waals surface area contributed by atoms with Crippen molar-refractivity contribution in [2.75, 3.05) is 19.0 Å². The molecule has 8 heteroatoms. The number of hydrogen-bond donors (Lipinski definition) is 2. The third kappa shape index (κ3) is 3.32. The smallest absolute Gasteiger partial charge is 0.264 e. The van der Waals surface area contributed by atoms with Gasteiger partial charge in [-0.05, 0) is 61.6 Å². The third-order valence-corrected chi connectivity index (χ3v) is 7.01. The van der Waals surface area contributed by atoms with Crippen molar-refractivity contribution in [1.82, 2.24) is 4.72 Å². The van der Waals surface area contributed by atoms with Gasteiger partial charge in [-0.25, -0.2) is 13.1 Å². The predicted octanol–water partition coefficient (Wildman–Crippen LogP) is 2.46. The van der Waals surface area contributed by atoms with Gasteiger partial charge in [0.15, 0.2) is 0 Å². The zero-order valence-corrected chi connectivity index (χ0v) is 16.8. The molecule has 2 N–H and O–H groups in total. The number of methoxy groups -OCH3 is 1. The number of carbonyl (C=O) groups is 1. The fraction of sp³-hybridized carbons (Fsp3) is 0.333. The maximum Gasteiger partial charge on any atom is 0.264 e. The largest absolute Gasteiger partial charge is 0.496 e. The van der Waals surface area contributed by atoms with Crippen molar-refractivity contribution in [2.24, 2.45) is 0 Å². The van der Waals surface area contributed by atoms with E-state index in [9.17, 15) is 18.5 Å². The minimum Gasteiger partial charge on any atom is -0.496 e. The third-order valence-electron chi connectivity index (χ3n) is 5.60. The fourth-order valence-electron chi connectivity index (χ4n) is 3.90. The lowest BCUT2D eigenvalue weighted by Crippen LogP contribution is -2.39. The Bertz CT molecular complexity index is 1130. The molecule has 1 aliphatic carbocycles. The van der Waals surface area contributed by atoms with Gasteiger partial charge in [-0.3, -0.25) is 4.79 Å². The molecule has 0 bridgehead atoms. The summed E-state index contributed by atoms with van der Waals surface area (Å²) in [6, 6.07) is 11.9.